The van der Waals surface area contributed by atoms with Gasteiger partial charge in [0.05, 0.1) is 19.8 Å². The smallest absolute Gasteiger partial charge is 0.160 e. The Morgan fingerprint density at radius 2 is 2.23 bits per heavy atom. The molecule has 4 heteroatoms. The fraction of sp³-hybridized carbons (Fsp3) is 0.333. The second kappa shape index (κ2) is 4.11. The summed E-state index contributed by atoms with van der Waals surface area (Å²) in [7, 11) is 1.46. The van der Waals surface area contributed by atoms with Crippen molar-refractivity contribution in [2.75, 3.05) is 13.7 Å². The summed E-state index contributed by atoms with van der Waals surface area (Å²) in [4.78, 5) is 0. The summed E-state index contributed by atoms with van der Waals surface area (Å²) < 4.78 is 4.89. The van der Waals surface area contributed by atoms with Gasteiger partial charge in [-0.1, -0.05) is 6.07 Å². The van der Waals surface area contributed by atoms with Gasteiger partial charge in [-0.3, -0.25) is 0 Å². The second-order valence-corrected chi connectivity index (χ2v) is 2.72. The van der Waals surface area contributed by atoms with E-state index in [1.165, 1.54) is 13.2 Å². The molecule has 1 atom stereocenters. The van der Waals surface area contributed by atoms with Gasteiger partial charge in [0.25, 0.3) is 0 Å². The number of ether oxygens (including phenoxy) is 1. The van der Waals surface area contributed by atoms with Crippen LogP contribution in [0.4, 0.5) is 0 Å². The first-order valence-corrected chi connectivity index (χ1v) is 3.92. The number of nitrogens with two attached hydrogens (primary N) is 1. The molecule has 72 valence electrons. The minimum atomic E-state index is -0.436. The number of aliphatic hydroxyl groups excluding tert-OH is 1. The third-order valence-electron chi connectivity index (χ3n) is 1.83. The normalized spacial score (nSPS) is 12.5. The van der Waals surface area contributed by atoms with Crippen LogP contribution in [0.3, 0.4) is 0 Å². The Kier molecular flexibility index (Phi) is 3.11. The fourth-order valence-corrected chi connectivity index (χ4v) is 1.03. The number of benzene rings is 1. The minimum Gasteiger partial charge on any atom is -0.504 e. The van der Waals surface area contributed by atoms with Crippen LogP contribution in [0.25, 0.3) is 0 Å². The monoisotopic (exact) mass is 183 g/mol. The highest BCUT2D eigenvalue weighted by atomic mass is 16.5. The summed E-state index contributed by atoms with van der Waals surface area (Å²) in [5.41, 5.74) is 6.31. The number of aromatic hydroxyl groups is 1. The van der Waals surface area contributed by atoms with E-state index in [-0.39, 0.29) is 12.4 Å². The maximum absolute atomic E-state index is 9.26. The van der Waals surface area contributed by atoms with E-state index in [0.29, 0.717) is 5.75 Å². The number of hydrogen-bond acceptors (Lipinski definition) is 4. The van der Waals surface area contributed by atoms with Crippen molar-refractivity contribution in [3.05, 3.63) is 23.8 Å². The molecule has 4 nitrogen and oxygen atoms in total. The molecule has 0 heterocycles. The van der Waals surface area contributed by atoms with Gasteiger partial charge in [0.15, 0.2) is 11.5 Å². The van der Waals surface area contributed by atoms with Crippen molar-refractivity contribution in [2.24, 2.45) is 5.73 Å². The Hall–Kier alpha value is -1.26. The quantitative estimate of drug-likeness (QED) is 0.633. The maximum atomic E-state index is 9.26. The Morgan fingerprint density at radius 1 is 1.54 bits per heavy atom. The molecule has 0 saturated carbocycles. The fourth-order valence-electron chi connectivity index (χ4n) is 1.03. The van der Waals surface area contributed by atoms with Crippen molar-refractivity contribution in [3.63, 3.8) is 0 Å². The molecule has 0 fully saturated rings. The molecule has 0 aliphatic heterocycles. The van der Waals surface area contributed by atoms with Crippen LogP contribution < -0.4 is 10.5 Å². The number of rotatable bonds is 3. The number of phenolic OH excluding ortho intramolecular Hbond substituents is 1. The van der Waals surface area contributed by atoms with E-state index in [1.807, 2.05) is 0 Å². The van der Waals surface area contributed by atoms with Crippen LogP contribution in [-0.4, -0.2) is 23.9 Å². The van der Waals surface area contributed by atoms with E-state index in [4.69, 9.17) is 15.6 Å². The standard InChI is InChI=1S/C9H13NO3/c1-13-9-4-6(7(10)5-11)2-3-8(9)12/h2-4,7,11-12H,5,10H2,1H3. The highest BCUT2D eigenvalue weighted by Gasteiger charge is 2.07. The Labute approximate surface area is 76.6 Å². The first-order chi connectivity index (χ1) is 6.19. The summed E-state index contributed by atoms with van der Waals surface area (Å²) >= 11 is 0. The summed E-state index contributed by atoms with van der Waals surface area (Å²) in [6.45, 7) is -0.131. The van der Waals surface area contributed by atoms with E-state index in [2.05, 4.69) is 0 Å². The van der Waals surface area contributed by atoms with Crippen molar-refractivity contribution in [2.45, 2.75) is 6.04 Å². The molecule has 13 heavy (non-hydrogen) atoms. The highest BCUT2D eigenvalue weighted by Crippen LogP contribution is 2.27. The zero-order valence-corrected chi connectivity index (χ0v) is 7.40. The van der Waals surface area contributed by atoms with Gasteiger partial charge in [-0.25, -0.2) is 0 Å². The van der Waals surface area contributed by atoms with E-state index in [0.717, 1.165) is 5.56 Å². The Balaban J connectivity index is 2.99. The van der Waals surface area contributed by atoms with Crippen LogP contribution in [-0.2, 0) is 0 Å². The van der Waals surface area contributed by atoms with Gasteiger partial charge in [0, 0.05) is 0 Å². The van der Waals surface area contributed by atoms with Gasteiger partial charge in [-0.15, -0.1) is 0 Å². The molecule has 0 aliphatic rings. The van der Waals surface area contributed by atoms with Crippen LogP contribution >= 0.6 is 0 Å². The summed E-state index contributed by atoms with van der Waals surface area (Å²) in [5, 5.41) is 18.1. The molecule has 1 rings (SSSR count). The molecule has 0 radical (unpaired) electrons. The minimum absolute atomic E-state index is 0.0661. The average molecular weight is 183 g/mol. The predicted molar refractivity (Wildman–Crippen MR) is 48.7 cm³/mol. The number of aliphatic hydroxyl groups is 1. The molecule has 0 saturated heterocycles. The van der Waals surface area contributed by atoms with E-state index in [9.17, 15) is 5.11 Å². The molecule has 0 aliphatic carbocycles. The zero-order valence-electron chi connectivity index (χ0n) is 7.40. The highest BCUT2D eigenvalue weighted by molar-refractivity contribution is 5.42. The first-order valence-electron chi connectivity index (χ1n) is 3.92. The van der Waals surface area contributed by atoms with Crippen LogP contribution in [0, 0.1) is 0 Å². The van der Waals surface area contributed by atoms with Gasteiger partial charge in [-0.2, -0.15) is 0 Å². The molecule has 0 bridgehead atoms. The second-order valence-electron chi connectivity index (χ2n) is 2.72. The lowest BCUT2D eigenvalue weighted by atomic mass is 10.1. The van der Waals surface area contributed by atoms with Gasteiger partial charge in [0.1, 0.15) is 0 Å². The molecular formula is C9H13NO3. The molecule has 1 unspecified atom stereocenters. The maximum Gasteiger partial charge on any atom is 0.160 e. The van der Waals surface area contributed by atoms with E-state index in [1.54, 1.807) is 12.1 Å². The molecule has 4 N–H and O–H groups in total. The largest absolute Gasteiger partial charge is 0.504 e. The third kappa shape index (κ3) is 2.11. The van der Waals surface area contributed by atoms with Crippen LogP contribution in [0.5, 0.6) is 11.5 Å². The number of hydrogen-bond donors (Lipinski definition) is 3. The molecule has 1 aromatic rings. The van der Waals surface area contributed by atoms with Crippen LogP contribution in [0.1, 0.15) is 11.6 Å². The van der Waals surface area contributed by atoms with E-state index < -0.39 is 6.04 Å². The molecular weight excluding hydrogens is 170 g/mol. The predicted octanol–water partition coefficient (Wildman–Crippen LogP) is 0.393. The lowest BCUT2D eigenvalue weighted by molar-refractivity contribution is 0.267. The van der Waals surface area contributed by atoms with Gasteiger partial charge < -0.3 is 20.7 Å². The van der Waals surface area contributed by atoms with Gasteiger partial charge in [-0.05, 0) is 17.7 Å². The number of phenols is 1. The summed E-state index contributed by atoms with van der Waals surface area (Å²) in [6.07, 6.45) is 0. The van der Waals surface area contributed by atoms with Crippen LogP contribution in [0.2, 0.25) is 0 Å². The molecule has 0 spiro atoms. The Bertz CT molecular complexity index is 288. The van der Waals surface area contributed by atoms with Crippen molar-refractivity contribution < 1.29 is 14.9 Å². The lowest BCUT2D eigenvalue weighted by Crippen LogP contribution is -2.14. The summed E-state index contributed by atoms with van der Waals surface area (Å²) in [5.74, 6) is 0.429. The van der Waals surface area contributed by atoms with Crippen molar-refractivity contribution in [3.8, 4) is 11.5 Å². The molecule has 1 aromatic carbocycles. The lowest BCUT2D eigenvalue weighted by Gasteiger charge is -2.10. The van der Waals surface area contributed by atoms with Crippen molar-refractivity contribution >= 4 is 0 Å². The first kappa shape index (κ1) is 9.83. The van der Waals surface area contributed by atoms with Gasteiger partial charge >= 0.3 is 0 Å². The number of methoxy groups -OCH3 is 1. The molecule has 0 amide bonds. The van der Waals surface area contributed by atoms with Crippen molar-refractivity contribution in [1.29, 1.82) is 0 Å². The SMILES string of the molecule is COc1cc(C(N)CO)ccc1O. The zero-order chi connectivity index (χ0) is 9.84. The Morgan fingerprint density at radius 3 is 2.77 bits per heavy atom. The van der Waals surface area contributed by atoms with Gasteiger partial charge in [0.2, 0.25) is 0 Å². The molecule has 0 aromatic heterocycles. The van der Waals surface area contributed by atoms with E-state index >= 15 is 0 Å². The summed E-state index contributed by atoms with van der Waals surface area (Å²) in [6, 6.07) is 4.31. The van der Waals surface area contributed by atoms with Crippen LogP contribution in [0.15, 0.2) is 18.2 Å². The van der Waals surface area contributed by atoms with Crippen molar-refractivity contribution in [1.82, 2.24) is 0 Å². The average Bonchev–Trinajstić information content (AvgIpc) is 2.17. The third-order valence-corrected chi connectivity index (χ3v) is 1.83. The topological polar surface area (TPSA) is 75.7 Å².